The maximum absolute atomic E-state index is 13.5. The molecule has 2 aromatic carbocycles. The number of amides is 2. The van der Waals surface area contributed by atoms with Crippen molar-refractivity contribution in [1.29, 1.82) is 5.26 Å². The highest BCUT2D eigenvalue weighted by Gasteiger charge is 2.44. The monoisotopic (exact) mass is 570 g/mol. The molecule has 2 amide bonds. The smallest absolute Gasteiger partial charge is 0.416 e. The molecule has 4 heterocycles. The van der Waals surface area contributed by atoms with Gasteiger partial charge in [0.15, 0.2) is 0 Å². The summed E-state index contributed by atoms with van der Waals surface area (Å²) in [4.78, 5) is 32.8. The van der Waals surface area contributed by atoms with E-state index in [4.69, 9.17) is 9.40 Å². The SMILES string of the molecule is N#Cc1c(CCc2ccc(C(F)(F)F)cc2)nc2c(c1-c1ccc(C(=O)NCc3ccco3)cc1)C(=O)N1CCC[C@@H]21. The molecule has 0 aliphatic carbocycles. The van der Waals surface area contributed by atoms with Crippen molar-refractivity contribution in [2.45, 2.75) is 44.4 Å². The van der Waals surface area contributed by atoms with E-state index in [1.54, 1.807) is 41.3 Å². The van der Waals surface area contributed by atoms with Crippen molar-refractivity contribution >= 4 is 11.8 Å². The zero-order valence-corrected chi connectivity index (χ0v) is 22.4. The Labute approximate surface area is 239 Å². The highest BCUT2D eigenvalue weighted by Crippen LogP contribution is 2.45. The molecule has 212 valence electrons. The quantitative estimate of drug-likeness (QED) is 0.284. The predicted molar refractivity (Wildman–Crippen MR) is 146 cm³/mol. The van der Waals surface area contributed by atoms with E-state index in [1.165, 1.54) is 18.4 Å². The van der Waals surface area contributed by atoms with Crippen molar-refractivity contribution < 1.29 is 27.2 Å². The number of fused-ring (bicyclic) bond motifs is 3. The van der Waals surface area contributed by atoms with Crippen LogP contribution in [-0.2, 0) is 25.6 Å². The van der Waals surface area contributed by atoms with Gasteiger partial charge in [-0.2, -0.15) is 18.4 Å². The standard InChI is InChI=1S/C32H25F3N4O3/c33-32(34,35)22-12-5-19(6-13-22)7-14-25-24(17-36)27(28-29(38-25)26-4-1-15-39(26)31(28)41)20-8-10-21(11-9-20)30(40)37-18-23-3-2-16-42-23/h2-3,5-6,8-13,16,26H,1,4,7,14-15,18H2,(H,37,40)/t26-/m0/s1. The van der Waals surface area contributed by atoms with Gasteiger partial charge in [0.05, 0.1) is 46.9 Å². The molecule has 1 atom stereocenters. The van der Waals surface area contributed by atoms with Crippen LogP contribution < -0.4 is 5.32 Å². The molecule has 2 aromatic heterocycles. The lowest BCUT2D eigenvalue weighted by atomic mass is 9.90. The highest BCUT2D eigenvalue weighted by molar-refractivity contribution is 6.06. The molecule has 2 aliphatic heterocycles. The Morgan fingerprint density at radius 2 is 1.83 bits per heavy atom. The molecule has 0 bridgehead atoms. The minimum atomic E-state index is -4.42. The number of halogens is 3. The lowest BCUT2D eigenvalue weighted by Gasteiger charge is -2.15. The minimum Gasteiger partial charge on any atom is -0.467 e. The number of nitrogens with zero attached hydrogens (tertiary/aromatic N) is 3. The first kappa shape index (κ1) is 27.3. The third-order valence-electron chi connectivity index (χ3n) is 7.83. The zero-order chi connectivity index (χ0) is 29.4. The number of aromatic nitrogens is 1. The summed E-state index contributed by atoms with van der Waals surface area (Å²) < 4.78 is 44.3. The molecule has 7 nitrogen and oxygen atoms in total. The largest absolute Gasteiger partial charge is 0.467 e. The maximum atomic E-state index is 13.5. The number of hydrogen-bond donors (Lipinski definition) is 1. The number of rotatable bonds is 7. The lowest BCUT2D eigenvalue weighted by Crippen LogP contribution is -2.23. The summed E-state index contributed by atoms with van der Waals surface area (Å²) in [6.07, 6.45) is -0.587. The summed E-state index contributed by atoms with van der Waals surface area (Å²) in [5, 5.41) is 13.1. The predicted octanol–water partition coefficient (Wildman–Crippen LogP) is 6.24. The number of carbonyl (C=O) groups excluding carboxylic acids is 2. The van der Waals surface area contributed by atoms with Crippen LogP contribution in [0.2, 0.25) is 0 Å². The fourth-order valence-corrected chi connectivity index (χ4v) is 5.73. The minimum absolute atomic E-state index is 0.166. The van der Waals surface area contributed by atoms with Crippen LogP contribution in [0.4, 0.5) is 13.2 Å². The summed E-state index contributed by atoms with van der Waals surface area (Å²) >= 11 is 0. The Balaban J connectivity index is 1.33. The van der Waals surface area contributed by atoms with Gasteiger partial charge in [0.25, 0.3) is 11.8 Å². The van der Waals surface area contributed by atoms with Crippen LogP contribution in [0.3, 0.4) is 0 Å². The molecular formula is C32H25F3N4O3. The van der Waals surface area contributed by atoms with Crippen molar-refractivity contribution in [2.24, 2.45) is 0 Å². The summed E-state index contributed by atoms with van der Waals surface area (Å²) in [5.41, 5.74) is 3.24. The summed E-state index contributed by atoms with van der Waals surface area (Å²) in [5.74, 6) is 0.155. The third kappa shape index (κ3) is 5.02. The van der Waals surface area contributed by atoms with E-state index in [0.29, 0.717) is 64.4 Å². The first-order valence-electron chi connectivity index (χ1n) is 13.6. The number of nitriles is 1. The molecule has 0 spiro atoms. The lowest BCUT2D eigenvalue weighted by molar-refractivity contribution is -0.137. The summed E-state index contributed by atoms with van der Waals surface area (Å²) in [6.45, 7) is 0.842. The van der Waals surface area contributed by atoms with E-state index >= 15 is 0 Å². The molecule has 1 saturated heterocycles. The number of furan rings is 1. The second-order valence-electron chi connectivity index (χ2n) is 10.4. The number of benzene rings is 2. The first-order chi connectivity index (χ1) is 20.2. The van der Waals surface area contributed by atoms with Crippen LogP contribution in [0.1, 0.15) is 73.4 Å². The van der Waals surface area contributed by atoms with Crippen LogP contribution in [0.25, 0.3) is 11.1 Å². The van der Waals surface area contributed by atoms with Gasteiger partial charge in [0, 0.05) is 17.7 Å². The Bertz CT molecular complexity index is 1690. The van der Waals surface area contributed by atoms with E-state index in [0.717, 1.165) is 25.0 Å². The average Bonchev–Trinajstić information content (AvgIpc) is 3.74. The molecule has 0 unspecified atom stereocenters. The summed E-state index contributed by atoms with van der Waals surface area (Å²) in [7, 11) is 0. The number of alkyl halides is 3. The molecule has 4 aromatic rings. The van der Waals surface area contributed by atoms with Crippen molar-refractivity contribution in [3.63, 3.8) is 0 Å². The maximum Gasteiger partial charge on any atom is 0.416 e. The van der Waals surface area contributed by atoms with E-state index < -0.39 is 11.7 Å². The molecule has 2 aliphatic rings. The molecule has 10 heteroatoms. The van der Waals surface area contributed by atoms with Crippen molar-refractivity contribution in [3.05, 3.63) is 112 Å². The fraction of sp³-hybridized carbons (Fsp3) is 0.250. The van der Waals surface area contributed by atoms with Crippen molar-refractivity contribution in [2.75, 3.05) is 6.54 Å². The van der Waals surface area contributed by atoms with Crippen LogP contribution in [0.15, 0.2) is 71.3 Å². The van der Waals surface area contributed by atoms with Gasteiger partial charge in [0.1, 0.15) is 11.8 Å². The first-order valence-corrected chi connectivity index (χ1v) is 13.6. The van der Waals surface area contributed by atoms with Gasteiger partial charge in [-0.3, -0.25) is 14.6 Å². The second-order valence-corrected chi connectivity index (χ2v) is 10.4. The van der Waals surface area contributed by atoms with Crippen molar-refractivity contribution in [1.82, 2.24) is 15.2 Å². The molecule has 0 saturated carbocycles. The topological polar surface area (TPSA) is 99.2 Å². The van der Waals surface area contributed by atoms with Crippen molar-refractivity contribution in [3.8, 4) is 17.2 Å². The van der Waals surface area contributed by atoms with Crippen LogP contribution >= 0.6 is 0 Å². The van der Waals surface area contributed by atoms with Crippen LogP contribution in [0, 0.1) is 11.3 Å². The Kier molecular flexibility index (Phi) is 7.02. The number of nitrogens with one attached hydrogen (secondary N) is 1. The van der Waals surface area contributed by atoms with E-state index in [2.05, 4.69) is 11.4 Å². The number of pyridine rings is 1. The Morgan fingerprint density at radius 1 is 1.07 bits per heavy atom. The van der Waals surface area contributed by atoms with E-state index in [1.807, 2.05) is 0 Å². The fourth-order valence-electron chi connectivity index (χ4n) is 5.73. The normalized spacial score (nSPS) is 15.8. The van der Waals surface area contributed by atoms with Gasteiger partial charge in [-0.1, -0.05) is 24.3 Å². The third-order valence-corrected chi connectivity index (χ3v) is 7.83. The van der Waals surface area contributed by atoms with Gasteiger partial charge >= 0.3 is 6.18 Å². The van der Waals surface area contributed by atoms with E-state index in [-0.39, 0.29) is 30.0 Å². The highest BCUT2D eigenvalue weighted by atomic mass is 19.4. The molecule has 1 N–H and O–H groups in total. The van der Waals surface area contributed by atoms with Gasteiger partial charge in [-0.15, -0.1) is 0 Å². The van der Waals surface area contributed by atoms with Crippen LogP contribution in [0.5, 0.6) is 0 Å². The second kappa shape index (κ2) is 10.8. The molecule has 6 rings (SSSR count). The molecule has 42 heavy (non-hydrogen) atoms. The summed E-state index contributed by atoms with van der Waals surface area (Å²) in [6, 6.07) is 17.2. The molecule has 1 fully saturated rings. The van der Waals surface area contributed by atoms with E-state index in [9.17, 15) is 28.0 Å². The van der Waals surface area contributed by atoms with Gasteiger partial charge in [0.2, 0.25) is 0 Å². The Morgan fingerprint density at radius 3 is 2.50 bits per heavy atom. The van der Waals surface area contributed by atoms with Gasteiger partial charge in [-0.05, 0) is 73.2 Å². The number of carbonyl (C=O) groups is 2. The number of aryl methyl sites for hydroxylation is 2. The van der Waals surface area contributed by atoms with Gasteiger partial charge < -0.3 is 14.6 Å². The molecule has 0 radical (unpaired) electrons. The average molecular weight is 571 g/mol. The zero-order valence-electron chi connectivity index (χ0n) is 22.4. The number of hydrogen-bond acceptors (Lipinski definition) is 5. The van der Waals surface area contributed by atoms with Crippen LogP contribution in [-0.4, -0.2) is 28.2 Å². The Hall–Kier alpha value is -4.91. The van der Waals surface area contributed by atoms with Gasteiger partial charge in [-0.25, -0.2) is 0 Å². The molecular weight excluding hydrogens is 545 g/mol.